The first-order valence-corrected chi connectivity index (χ1v) is 11.6. The van der Waals surface area contributed by atoms with Crippen LogP contribution in [0.15, 0.2) is 109 Å². The zero-order chi connectivity index (χ0) is 22.2. The summed E-state index contributed by atoms with van der Waals surface area (Å²) in [6.45, 7) is 4.71. The molecular weight excluding hydrogens is 400 g/mol. The number of fused-ring (bicyclic) bond motifs is 7. The highest BCUT2D eigenvalue weighted by Crippen LogP contribution is 2.49. The van der Waals surface area contributed by atoms with Crippen molar-refractivity contribution in [3.05, 3.63) is 121 Å². The standard InChI is InChI=1S/C31H24N2/c1-31(2)26-15-9-10-16-28(26)32-20-25-24-19-22(21-11-5-3-6-12-21)17-18-27(24)33(29(25)30(31)32)23-13-7-4-8-14-23/h3-20H,1-2H3. The number of aromatic nitrogens is 2. The van der Waals surface area contributed by atoms with Gasteiger partial charge in [-0.3, -0.25) is 0 Å². The van der Waals surface area contributed by atoms with Gasteiger partial charge in [-0.1, -0.05) is 86.6 Å². The van der Waals surface area contributed by atoms with Gasteiger partial charge < -0.3 is 9.13 Å². The van der Waals surface area contributed by atoms with E-state index in [4.69, 9.17) is 0 Å². The van der Waals surface area contributed by atoms with Gasteiger partial charge in [0.25, 0.3) is 0 Å². The predicted molar refractivity (Wildman–Crippen MR) is 138 cm³/mol. The maximum absolute atomic E-state index is 2.46. The highest BCUT2D eigenvalue weighted by atomic mass is 15.1. The molecule has 1 aliphatic rings. The molecule has 6 aromatic rings. The van der Waals surface area contributed by atoms with Crippen molar-refractivity contribution < 1.29 is 0 Å². The lowest BCUT2D eigenvalue weighted by Gasteiger charge is -2.20. The average molecular weight is 425 g/mol. The zero-order valence-electron chi connectivity index (χ0n) is 18.8. The Kier molecular flexibility index (Phi) is 3.64. The first-order valence-electron chi connectivity index (χ1n) is 11.6. The summed E-state index contributed by atoms with van der Waals surface area (Å²) in [5, 5.41) is 2.61. The Labute approximate surface area is 193 Å². The average Bonchev–Trinajstić information content (AvgIpc) is 3.46. The molecule has 2 heteroatoms. The molecule has 0 amide bonds. The van der Waals surface area contributed by atoms with Crippen molar-refractivity contribution in [2.45, 2.75) is 19.3 Å². The zero-order valence-corrected chi connectivity index (χ0v) is 18.8. The smallest absolute Gasteiger partial charge is 0.0763 e. The highest BCUT2D eigenvalue weighted by molar-refractivity contribution is 6.12. The summed E-state index contributed by atoms with van der Waals surface area (Å²) >= 11 is 0. The van der Waals surface area contributed by atoms with Gasteiger partial charge in [-0.2, -0.15) is 0 Å². The minimum atomic E-state index is -0.0818. The van der Waals surface area contributed by atoms with E-state index in [1.54, 1.807) is 0 Å². The molecule has 0 unspecified atom stereocenters. The number of nitrogens with zero attached hydrogens (tertiary/aromatic N) is 2. The Morgan fingerprint density at radius 1 is 0.636 bits per heavy atom. The monoisotopic (exact) mass is 424 g/mol. The van der Waals surface area contributed by atoms with Gasteiger partial charge in [0.1, 0.15) is 0 Å². The van der Waals surface area contributed by atoms with Crippen LogP contribution in [-0.4, -0.2) is 9.13 Å². The fraction of sp³-hybridized carbons (Fsp3) is 0.0968. The summed E-state index contributed by atoms with van der Waals surface area (Å²) in [7, 11) is 0. The molecule has 0 aliphatic carbocycles. The van der Waals surface area contributed by atoms with Gasteiger partial charge >= 0.3 is 0 Å². The van der Waals surface area contributed by atoms with Gasteiger partial charge in [-0.05, 0) is 47.0 Å². The fourth-order valence-corrected chi connectivity index (χ4v) is 5.77. The summed E-state index contributed by atoms with van der Waals surface area (Å²) in [6, 6.07) is 37.2. The van der Waals surface area contributed by atoms with E-state index in [1.807, 2.05) is 0 Å². The van der Waals surface area contributed by atoms with E-state index in [0.29, 0.717) is 0 Å². The molecule has 1 aliphatic heterocycles. The number of para-hydroxylation sites is 2. The molecule has 0 N–H and O–H groups in total. The minimum Gasteiger partial charge on any atom is -0.317 e. The van der Waals surface area contributed by atoms with Crippen molar-refractivity contribution in [1.82, 2.24) is 9.13 Å². The van der Waals surface area contributed by atoms with E-state index in [-0.39, 0.29) is 5.41 Å². The van der Waals surface area contributed by atoms with Crippen LogP contribution < -0.4 is 0 Å². The van der Waals surface area contributed by atoms with Crippen molar-refractivity contribution in [3.63, 3.8) is 0 Å². The SMILES string of the molecule is CC1(C)c2ccccc2-n2cc3c4cc(-c5ccccc5)ccc4n(-c4ccccc4)c3c21. The van der Waals surface area contributed by atoms with Gasteiger partial charge in [0.05, 0.1) is 16.7 Å². The number of rotatable bonds is 2. The molecule has 7 rings (SSSR count). The van der Waals surface area contributed by atoms with Crippen LogP contribution in [0.2, 0.25) is 0 Å². The largest absolute Gasteiger partial charge is 0.317 e. The van der Waals surface area contributed by atoms with Crippen molar-refractivity contribution in [3.8, 4) is 22.5 Å². The van der Waals surface area contributed by atoms with Crippen molar-refractivity contribution in [2.24, 2.45) is 0 Å². The summed E-state index contributed by atoms with van der Waals surface area (Å²) < 4.78 is 4.88. The van der Waals surface area contributed by atoms with Gasteiger partial charge in [-0.15, -0.1) is 0 Å². The Morgan fingerprint density at radius 2 is 1.33 bits per heavy atom. The number of hydrogen-bond acceptors (Lipinski definition) is 0. The number of benzene rings is 4. The summed E-state index contributed by atoms with van der Waals surface area (Å²) in [5.74, 6) is 0. The van der Waals surface area contributed by atoms with E-state index >= 15 is 0 Å². The highest BCUT2D eigenvalue weighted by Gasteiger charge is 2.39. The van der Waals surface area contributed by atoms with Crippen LogP contribution in [0.1, 0.15) is 25.1 Å². The van der Waals surface area contributed by atoms with E-state index in [0.717, 1.165) is 0 Å². The van der Waals surface area contributed by atoms with Gasteiger partial charge in [0.15, 0.2) is 0 Å². The molecule has 0 spiro atoms. The third-order valence-corrected chi connectivity index (χ3v) is 7.28. The van der Waals surface area contributed by atoms with Crippen molar-refractivity contribution >= 4 is 21.8 Å². The Bertz CT molecular complexity index is 1660. The molecule has 3 heterocycles. The molecule has 0 bridgehead atoms. The molecule has 0 saturated heterocycles. The van der Waals surface area contributed by atoms with E-state index in [1.165, 1.54) is 55.6 Å². The molecule has 33 heavy (non-hydrogen) atoms. The molecule has 0 fully saturated rings. The Morgan fingerprint density at radius 3 is 2.12 bits per heavy atom. The fourth-order valence-electron chi connectivity index (χ4n) is 5.77. The molecular formula is C31H24N2. The molecule has 158 valence electrons. The van der Waals surface area contributed by atoms with E-state index in [9.17, 15) is 0 Å². The molecule has 0 radical (unpaired) electrons. The molecule has 0 atom stereocenters. The molecule has 2 nitrogen and oxygen atoms in total. The lowest BCUT2D eigenvalue weighted by molar-refractivity contribution is 0.646. The van der Waals surface area contributed by atoms with Gasteiger partial charge in [-0.25, -0.2) is 0 Å². The molecule has 2 aromatic heterocycles. The molecule has 4 aromatic carbocycles. The Hall–Kier alpha value is -4.04. The van der Waals surface area contributed by atoms with Crippen molar-refractivity contribution in [2.75, 3.05) is 0 Å². The van der Waals surface area contributed by atoms with E-state index < -0.39 is 0 Å². The predicted octanol–water partition coefficient (Wildman–Crippen LogP) is 7.88. The third-order valence-electron chi connectivity index (χ3n) is 7.28. The van der Waals surface area contributed by atoms with Crippen LogP contribution in [0.3, 0.4) is 0 Å². The second-order valence-corrected chi connectivity index (χ2v) is 9.52. The van der Waals surface area contributed by atoms with Crippen LogP contribution in [-0.2, 0) is 5.41 Å². The normalized spacial score (nSPS) is 14.0. The second-order valence-electron chi connectivity index (χ2n) is 9.52. The summed E-state index contributed by atoms with van der Waals surface area (Å²) in [6.07, 6.45) is 2.36. The second kappa shape index (κ2) is 6.49. The van der Waals surface area contributed by atoms with Crippen LogP contribution >= 0.6 is 0 Å². The molecule has 0 saturated carbocycles. The lowest BCUT2D eigenvalue weighted by Crippen LogP contribution is -2.16. The third kappa shape index (κ3) is 2.44. The van der Waals surface area contributed by atoms with Crippen molar-refractivity contribution in [1.29, 1.82) is 0 Å². The van der Waals surface area contributed by atoms with Gasteiger partial charge in [0, 0.05) is 33.8 Å². The van der Waals surface area contributed by atoms with Gasteiger partial charge in [0.2, 0.25) is 0 Å². The van der Waals surface area contributed by atoms with E-state index in [2.05, 4.69) is 132 Å². The minimum absolute atomic E-state index is 0.0818. The van der Waals surface area contributed by atoms with Crippen LogP contribution in [0, 0.1) is 0 Å². The summed E-state index contributed by atoms with van der Waals surface area (Å²) in [4.78, 5) is 0. The first-order chi connectivity index (χ1) is 16.1. The van der Waals surface area contributed by atoms with Crippen LogP contribution in [0.25, 0.3) is 44.3 Å². The maximum atomic E-state index is 2.46. The first kappa shape index (κ1) is 18.5. The topological polar surface area (TPSA) is 9.86 Å². The quantitative estimate of drug-likeness (QED) is 0.267. The lowest BCUT2D eigenvalue weighted by atomic mass is 9.83. The van der Waals surface area contributed by atoms with Crippen LogP contribution in [0.4, 0.5) is 0 Å². The van der Waals surface area contributed by atoms with Crippen LogP contribution in [0.5, 0.6) is 0 Å². The summed E-state index contributed by atoms with van der Waals surface area (Å²) in [5.41, 5.74) is 10.2. The Balaban J connectivity index is 1.63. The number of hydrogen-bond donors (Lipinski definition) is 0. The maximum Gasteiger partial charge on any atom is 0.0763 e.